The first kappa shape index (κ1) is 11.3. The number of aryl methyl sites for hydroxylation is 1. The molecule has 4 N–H and O–H groups in total. The van der Waals surface area contributed by atoms with Crippen LogP contribution in [0.25, 0.3) is 11.3 Å². The molecular formula is C12H13N3O2. The molecule has 1 aromatic heterocycles. The highest BCUT2D eigenvalue weighted by molar-refractivity contribution is 5.96. The van der Waals surface area contributed by atoms with Gasteiger partial charge >= 0.3 is 5.97 Å². The number of aromatic nitrogens is 2. The molecule has 0 amide bonds. The van der Waals surface area contributed by atoms with E-state index in [2.05, 4.69) is 10.2 Å². The van der Waals surface area contributed by atoms with Crippen molar-refractivity contribution in [2.45, 2.75) is 13.5 Å². The first-order valence-electron chi connectivity index (χ1n) is 5.21. The molecule has 0 fully saturated rings. The smallest absolute Gasteiger partial charge is 0.339 e. The number of carbonyl (C=O) groups is 1. The van der Waals surface area contributed by atoms with Crippen LogP contribution in [0.3, 0.4) is 0 Å². The summed E-state index contributed by atoms with van der Waals surface area (Å²) in [5, 5.41) is 15.8. The summed E-state index contributed by atoms with van der Waals surface area (Å²) in [6.07, 6.45) is 0. The summed E-state index contributed by atoms with van der Waals surface area (Å²) in [6, 6.07) is 7.38. The molecule has 2 aromatic rings. The van der Waals surface area contributed by atoms with Gasteiger partial charge in [-0.1, -0.05) is 24.3 Å². The lowest BCUT2D eigenvalue weighted by Gasteiger charge is -2.01. The number of carboxylic acids is 1. The van der Waals surface area contributed by atoms with Gasteiger partial charge in [-0.2, -0.15) is 5.10 Å². The van der Waals surface area contributed by atoms with Crippen molar-refractivity contribution in [1.82, 2.24) is 10.2 Å². The zero-order chi connectivity index (χ0) is 12.4. The SMILES string of the molecule is Cc1[nH]nc(-c2ccc(CN)cc2)c1C(=O)O. The molecule has 0 aliphatic rings. The van der Waals surface area contributed by atoms with Crippen LogP contribution in [-0.2, 0) is 6.54 Å². The van der Waals surface area contributed by atoms with Gasteiger partial charge in [-0.3, -0.25) is 5.10 Å². The molecule has 0 bridgehead atoms. The maximum atomic E-state index is 11.1. The maximum Gasteiger partial charge on any atom is 0.339 e. The fourth-order valence-corrected chi connectivity index (χ4v) is 1.70. The van der Waals surface area contributed by atoms with Crippen LogP contribution in [0.4, 0.5) is 0 Å². The first-order valence-corrected chi connectivity index (χ1v) is 5.21. The lowest BCUT2D eigenvalue weighted by Crippen LogP contribution is -2.00. The number of aromatic amines is 1. The van der Waals surface area contributed by atoms with E-state index in [1.807, 2.05) is 24.3 Å². The van der Waals surface area contributed by atoms with Crippen molar-refractivity contribution in [2.75, 3.05) is 0 Å². The number of rotatable bonds is 3. The predicted molar refractivity (Wildman–Crippen MR) is 63.6 cm³/mol. The lowest BCUT2D eigenvalue weighted by molar-refractivity contribution is 0.0697. The van der Waals surface area contributed by atoms with Crippen molar-refractivity contribution in [3.05, 3.63) is 41.1 Å². The Morgan fingerprint density at radius 2 is 2.06 bits per heavy atom. The highest BCUT2D eigenvalue weighted by atomic mass is 16.4. The number of nitrogens with zero attached hydrogens (tertiary/aromatic N) is 1. The second kappa shape index (κ2) is 4.39. The van der Waals surface area contributed by atoms with E-state index in [4.69, 9.17) is 10.8 Å². The van der Waals surface area contributed by atoms with Crippen LogP contribution in [0.2, 0.25) is 0 Å². The molecule has 0 spiro atoms. The van der Waals surface area contributed by atoms with Gasteiger partial charge in [0.15, 0.2) is 0 Å². The number of nitrogens with one attached hydrogen (secondary N) is 1. The van der Waals surface area contributed by atoms with Gasteiger partial charge in [0.05, 0.1) is 0 Å². The number of benzene rings is 1. The van der Waals surface area contributed by atoms with Crippen molar-refractivity contribution in [3.8, 4) is 11.3 Å². The minimum absolute atomic E-state index is 0.213. The number of aromatic carboxylic acids is 1. The Morgan fingerprint density at radius 3 is 2.59 bits per heavy atom. The summed E-state index contributed by atoms with van der Waals surface area (Å²) >= 11 is 0. The van der Waals surface area contributed by atoms with Gasteiger partial charge in [-0.05, 0) is 12.5 Å². The molecule has 0 unspecified atom stereocenters. The van der Waals surface area contributed by atoms with E-state index in [0.717, 1.165) is 11.1 Å². The number of nitrogens with two attached hydrogens (primary N) is 1. The lowest BCUT2D eigenvalue weighted by atomic mass is 10.0. The third-order valence-corrected chi connectivity index (χ3v) is 2.62. The van der Waals surface area contributed by atoms with E-state index >= 15 is 0 Å². The Bertz CT molecular complexity index is 543. The number of carboxylic acid groups (broad SMARTS) is 1. The van der Waals surface area contributed by atoms with Crippen LogP contribution in [0.5, 0.6) is 0 Å². The van der Waals surface area contributed by atoms with Crippen molar-refractivity contribution in [3.63, 3.8) is 0 Å². The van der Waals surface area contributed by atoms with Gasteiger partial charge in [0, 0.05) is 17.8 Å². The molecule has 1 heterocycles. The van der Waals surface area contributed by atoms with Crippen LogP contribution in [0.15, 0.2) is 24.3 Å². The fraction of sp³-hybridized carbons (Fsp3) is 0.167. The van der Waals surface area contributed by atoms with E-state index in [1.54, 1.807) is 6.92 Å². The number of hydrogen-bond acceptors (Lipinski definition) is 3. The Labute approximate surface area is 98.3 Å². The first-order chi connectivity index (χ1) is 8.13. The summed E-state index contributed by atoms with van der Waals surface area (Å²) < 4.78 is 0. The minimum Gasteiger partial charge on any atom is -0.478 e. The van der Waals surface area contributed by atoms with E-state index < -0.39 is 5.97 Å². The molecule has 0 atom stereocenters. The topological polar surface area (TPSA) is 92.0 Å². The largest absolute Gasteiger partial charge is 0.478 e. The van der Waals surface area contributed by atoms with Gasteiger partial charge in [-0.15, -0.1) is 0 Å². The Hall–Kier alpha value is -2.14. The summed E-state index contributed by atoms with van der Waals surface area (Å²) in [5.41, 5.74) is 8.49. The second-order valence-corrected chi connectivity index (χ2v) is 3.78. The maximum absolute atomic E-state index is 11.1. The molecule has 0 radical (unpaired) electrons. The Balaban J connectivity index is 2.49. The van der Waals surface area contributed by atoms with Crippen LogP contribution in [0, 0.1) is 6.92 Å². The standard InChI is InChI=1S/C12H13N3O2/c1-7-10(12(16)17)11(15-14-7)9-4-2-8(6-13)3-5-9/h2-5H,6,13H2,1H3,(H,14,15)(H,16,17). The van der Waals surface area contributed by atoms with Crippen LogP contribution in [0.1, 0.15) is 21.6 Å². The molecule has 2 rings (SSSR count). The highest BCUT2D eigenvalue weighted by Gasteiger charge is 2.18. The third-order valence-electron chi connectivity index (χ3n) is 2.62. The molecule has 0 saturated carbocycles. The average Bonchev–Trinajstić information content (AvgIpc) is 2.71. The summed E-state index contributed by atoms with van der Waals surface area (Å²) in [7, 11) is 0. The zero-order valence-electron chi connectivity index (χ0n) is 9.40. The molecule has 5 heteroatoms. The van der Waals surface area contributed by atoms with Gasteiger partial charge in [0.2, 0.25) is 0 Å². The normalized spacial score (nSPS) is 10.5. The second-order valence-electron chi connectivity index (χ2n) is 3.78. The van der Waals surface area contributed by atoms with E-state index in [1.165, 1.54) is 0 Å². The van der Waals surface area contributed by atoms with Crippen LogP contribution in [-0.4, -0.2) is 21.3 Å². The number of hydrogen-bond donors (Lipinski definition) is 3. The van der Waals surface area contributed by atoms with Crippen molar-refractivity contribution >= 4 is 5.97 Å². The molecule has 17 heavy (non-hydrogen) atoms. The van der Waals surface area contributed by atoms with E-state index in [0.29, 0.717) is 17.9 Å². The zero-order valence-corrected chi connectivity index (χ0v) is 9.40. The monoisotopic (exact) mass is 231 g/mol. The van der Waals surface area contributed by atoms with Crippen molar-refractivity contribution in [1.29, 1.82) is 0 Å². The molecule has 0 saturated heterocycles. The molecule has 1 aromatic carbocycles. The van der Waals surface area contributed by atoms with Crippen molar-refractivity contribution in [2.24, 2.45) is 5.73 Å². The molecular weight excluding hydrogens is 218 g/mol. The Kier molecular flexibility index (Phi) is 2.93. The molecule has 0 aliphatic carbocycles. The van der Waals surface area contributed by atoms with Gasteiger partial charge in [0.25, 0.3) is 0 Å². The minimum atomic E-state index is -0.978. The number of H-pyrrole nitrogens is 1. The fourth-order valence-electron chi connectivity index (χ4n) is 1.70. The van der Waals surface area contributed by atoms with E-state index in [-0.39, 0.29) is 5.56 Å². The molecule has 5 nitrogen and oxygen atoms in total. The molecule has 88 valence electrons. The molecule has 0 aliphatic heterocycles. The van der Waals surface area contributed by atoms with Crippen molar-refractivity contribution < 1.29 is 9.90 Å². The average molecular weight is 231 g/mol. The van der Waals surface area contributed by atoms with Crippen LogP contribution < -0.4 is 5.73 Å². The summed E-state index contributed by atoms with van der Waals surface area (Å²) in [4.78, 5) is 11.1. The predicted octanol–water partition coefficient (Wildman–Crippen LogP) is 1.54. The highest BCUT2D eigenvalue weighted by Crippen LogP contribution is 2.23. The van der Waals surface area contributed by atoms with Crippen LogP contribution >= 0.6 is 0 Å². The van der Waals surface area contributed by atoms with E-state index in [9.17, 15) is 4.79 Å². The van der Waals surface area contributed by atoms with Gasteiger partial charge in [-0.25, -0.2) is 4.79 Å². The third kappa shape index (κ3) is 2.05. The van der Waals surface area contributed by atoms with Gasteiger partial charge in [0.1, 0.15) is 11.3 Å². The quantitative estimate of drug-likeness (QED) is 0.747. The summed E-state index contributed by atoms with van der Waals surface area (Å²) in [5.74, 6) is -0.978. The Morgan fingerprint density at radius 1 is 1.41 bits per heavy atom. The van der Waals surface area contributed by atoms with Gasteiger partial charge < -0.3 is 10.8 Å². The summed E-state index contributed by atoms with van der Waals surface area (Å²) in [6.45, 7) is 2.15.